The van der Waals surface area contributed by atoms with E-state index in [1.54, 1.807) is 23.1 Å². The molecular formula is C16H21ClN2O3S. The van der Waals surface area contributed by atoms with E-state index in [-0.39, 0.29) is 35.5 Å². The van der Waals surface area contributed by atoms with Crippen LogP contribution in [0, 0.1) is 5.92 Å². The van der Waals surface area contributed by atoms with Gasteiger partial charge in [0.25, 0.3) is 0 Å². The molecule has 1 aromatic carbocycles. The molecule has 0 unspecified atom stereocenters. The third-order valence-electron chi connectivity index (χ3n) is 4.40. The Labute approximate surface area is 141 Å². The third kappa shape index (κ3) is 3.39. The lowest BCUT2D eigenvalue weighted by molar-refractivity contribution is -0.123. The Morgan fingerprint density at radius 2 is 2.09 bits per heavy atom. The first kappa shape index (κ1) is 16.7. The highest BCUT2D eigenvalue weighted by Gasteiger charge is 2.49. The average molecular weight is 357 g/mol. The van der Waals surface area contributed by atoms with Gasteiger partial charge in [0.2, 0.25) is 5.91 Å². The largest absolute Gasteiger partial charge is 0.305 e. The molecule has 1 N–H and O–H groups in total. The summed E-state index contributed by atoms with van der Waals surface area (Å²) in [4.78, 5) is 14.6. The van der Waals surface area contributed by atoms with Gasteiger partial charge in [-0.15, -0.1) is 0 Å². The van der Waals surface area contributed by atoms with Gasteiger partial charge in [0, 0.05) is 16.8 Å². The van der Waals surface area contributed by atoms with Gasteiger partial charge in [-0.1, -0.05) is 31.5 Å². The Kier molecular flexibility index (Phi) is 4.42. The van der Waals surface area contributed by atoms with Crippen molar-refractivity contribution in [3.63, 3.8) is 0 Å². The highest BCUT2D eigenvalue weighted by atomic mass is 35.5. The van der Waals surface area contributed by atoms with Crippen molar-refractivity contribution in [1.82, 2.24) is 5.32 Å². The maximum absolute atomic E-state index is 13.0. The number of hydrogen-bond acceptors (Lipinski definition) is 4. The van der Waals surface area contributed by atoms with Crippen LogP contribution in [-0.4, -0.2) is 44.0 Å². The molecule has 0 aromatic heterocycles. The number of nitrogens with one attached hydrogen (secondary N) is 1. The Morgan fingerprint density at radius 3 is 2.74 bits per heavy atom. The van der Waals surface area contributed by atoms with Crippen LogP contribution in [0.3, 0.4) is 0 Å². The number of piperazine rings is 1. The molecule has 3 rings (SSSR count). The van der Waals surface area contributed by atoms with Crippen LogP contribution in [0.2, 0.25) is 5.02 Å². The Hall–Kier alpha value is -1.11. The van der Waals surface area contributed by atoms with Gasteiger partial charge in [0.1, 0.15) is 0 Å². The molecular weight excluding hydrogens is 336 g/mol. The van der Waals surface area contributed by atoms with E-state index >= 15 is 0 Å². The van der Waals surface area contributed by atoms with E-state index in [0.29, 0.717) is 23.0 Å². The fourth-order valence-electron chi connectivity index (χ4n) is 3.49. The number of hydrogen-bond donors (Lipinski definition) is 1. The van der Waals surface area contributed by atoms with Crippen LogP contribution in [0.15, 0.2) is 24.3 Å². The number of nitrogens with zero attached hydrogens (tertiary/aromatic N) is 1. The van der Waals surface area contributed by atoms with E-state index in [4.69, 9.17) is 11.6 Å². The Bertz CT molecular complexity index is 720. The van der Waals surface area contributed by atoms with Crippen LogP contribution in [-0.2, 0) is 14.6 Å². The highest BCUT2D eigenvalue weighted by Crippen LogP contribution is 2.31. The first-order valence-corrected chi connectivity index (χ1v) is 10.0. The summed E-state index contributed by atoms with van der Waals surface area (Å²) in [5.41, 5.74) is 0.671. The monoisotopic (exact) mass is 356 g/mol. The molecule has 1 aromatic rings. The van der Waals surface area contributed by atoms with Crippen molar-refractivity contribution in [3.8, 4) is 0 Å². The number of halogens is 1. The summed E-state index contributed by atoms with van der Waals surface area (Å²) in [7, 11) is -3.14. The lowest BCUT2D eigenvalue weighted by Crippen LogP contribution is -2.65. The smallest absolute Gasteiger partial charge is 0.244 e. The predicted molar refractivity (Wildman–Crippen MR) is 91.5 cm³/mol. The molecule has 2 fully saturated rings. The number of sulfone groups is 1. The summed E-state index contributed by atoms with van der Waals surface area (Å²) in [5, 5.41) is 3.80. The summed E-state index contributed by atoms with van der Waals surface area (Å²) in [6.07, 6.45) is 0.680. The molecule has 2 aliphatic heterocycles. The van der Waals surface area contributed by atoms with Gasteiger partial charge in [0.15, 0.2) is 9.84 Å². The fraction of sp³-hybridized carbons (Fsp3) is 0.562. The average Bonchev–Trinajstić information content (AvgIpc) is 2.72. The molecule has 0 saturated carbocycles. The standard InChI is InChI=1S/C16H21ClN2O3S/c1-10(2)6-13-16(20)19(12-5-3-4-11(17)7-12)15-9-23(21,22)8-14(15)18-13/h3-5,7,10,13-15,18H,6,8-9H2,1-2H3/t13-,14+,15-/m0/s1. The predicted octanol–water partition coefficient (Wildman–Crippen LogP) is 1.86. The number of amides is 1. The number of anilines is 1. The Morgan fingerprint density at radius 1 is 1.35 bits per heavy atom. The second-order valence-electron chi connectivity index (χ2n) is 6.79. The minimum atomic E-state index is -3.14. The molecule has 126 valence electrons. The van der Waals surface area contributed by atoms with E-state index < -0.39 is 9.84 Å². The SMILES string of the molecule is CC(C)C[C@@H]1N[C@@H]2CS(=O)(=O)C[C@@H]2N(c2cccc(Cl)c2)C1=O. The van der Waals surface area contributed by atoms with E-state index in [2.05, 4.69) is 19.2 Å². The molecule has 0 bridgehead atoms. The van der Waals surface area contributed by atoms with E-state index in [9.17, 15) is 13.2 Å². The number of rotatable bonds is 3. The molecule has 2 saturated heterocycles. The summed E-state index contributed by atoms with van der Waals surface area (Å²) in [6, 6.07) is 6.11. The zero-order valence-corrected chi connectivity index (χ0v) is 14.8. The fourth-order valence-corrected chi connectivity index (χ4v) is 5.58. The summed E-state index contributed by atoms with van der Waals surface area (Å²) in [5.74, 6) is 0.347. The topological polar surface area (TPSA) is 66.5 Å². The van der Waals surface area contributed by atoms with Crippen molar-refractivity contribution in [2.24, 2.45) is 5.92 Å². The second-order valence-corrected chi connectivity index (χ2v) is 9.38. The molecule has 7 heteroatoms. The van der Waals surface area contributed by atoms with Crippen LogP contribution in [0.25, 0.3) is 0 Å². The van der Waals surface area contributed by atoms with Gasteiger partial charge in [0.05, 0.1) is 23.6 Å². The van der Waals surface area contributed by atoms with Crippen LogP contribution in [0.1, 0.15) is 20.3 Å². The van der Waals surface area contributed by atoms with E-state index in [1.165, 1.54) is 0 Å². The molecule has 5 nitrogen and oxygen atoms in total. The molecule has 0 spiro atoms. The van der Waals surface area contributed by atoms with Crippen molar-refractivity contribution < 1.29 is 13.2 Å². The van der Waals surface area contributed by atoms with Crippen molar-refractivity contribution in [1.29, 1.82) is 0 Å². The number of fused-ring (bicyclic) bond motifs is 1. The zero-order valence-electron chi connectivity index (χ0n) is 13.2. The van der Waals surface area contributed by atoms with Gasteiger partial charge in [-0.2, -0.15) is 0 Å². The zero-order chi connectivity index (χ0) is 16.8. The third-order valence-corrected chi connectivity index (χ3v) is 6.35. The van der Waals surface area contributed by atoms with E-state index in [1.807, 2.05) is 6.07 Å². The second kappa shape index (κ2) is 6.07. The molecule has 0 aliphatic carbocycles. The molecule has 23 heavy (non-hydrogen) atoms. The lowest BCUT2D eigenvalue weighted by Gasteiger charge is -2.42. The van der Waals surface area contributed by atoms with Crippen molar-refractivity contribution in [2.75, 3.05) is 16.4 Å². The highest BCUT2D eigenvalue weighted by molar-refractivity contribution is 7.91. The van der Waals surface area contributed by atoms with Crippen molar-refractivity contribution >= 4 is 33.0 Å². The lowest BCUT2D eigenvalue weighted by atomic mass is 9.95. The summed E-state index contributed by atoms with van der Waals surface area (Å²) in [6.45, 7) is 4.10. The minimum absolute atomic E-state index is 0.00266. The van der Waals surface area contributed by atoms with Crippen LogP contribution in [0.4, 0.5) is 5.69 Å². The maximum atomic E-state index is 13.0. The van der Waals surface area contributed by atoms with Gasteiger partial charge in [-0.05, 0) is 30.5 Å². The molecule has 1 amide bonds. The summed E-state index contributed by atoms with van der Waals surface area (Å²) >= 11 is 6.06. The van der Waals surface area contributed by atoms with Gasteiger partial charge < -0.3 is 4.90 Å². The molecule has 2 heterocycles. The van der Waals surface area contributed by atoms with Gasteiger partial charge in [-0.3, -0.25) is 10.1 Å². The van der Waals surface area contributed by atoms with Gasteiger partial charge >= 0.3 is 0 Å². The van der Waals surface area contributed by atoms with Crippen LogP contribution >= 0.6 is 11.6 Å². The normalized spacial score (nSPS) is 29.8. The summed E-state index contributed by atoms with van der Waals surface area (Å²) < 4.78 is 24.1. The van der Waals surface area contributed by atoms with Crippen molar-refractivity contribution in [2.45, 2.75) is 38.4 Å². The van der Waals surface area contributed by atoms with E-state index in [0.717, 1.165) is 0 Å². The number of benzene rings is 1. The quantitative estimate of drug-likeness (QED) is 0.897. The minimum Gasteiger partial charge on any atom is -0.305 e. The maximum Gasteiger partial charge on any atom is 0.244 e. The van der Waals surface area contributed by atoms with Crippen LogP contribution < -0.4 is 10.2 Å². The molecule has 2 aliphatic rings. The van der Waals surface area contributed by atoms with Gasteiger partial charge in [-0.25, -0.2) is 8.42 Å². The first-order chi connectivity index (χ1) is 10.8. The number of carbonyl (C=O) groups excluding carboxylic acids is 1. The molecule has 3 atom stereocenters. The molecule has 0 radical (unpaired) electrons. The Balaban J connectivity index is 2.00. The van der Waals surface area contributed by atoms with Crippen LogP contribution in [0.5, 0.6) is 0 Å². The number of carbonyl (C=O) groups is 1. The van der Waals surface area contributed by atoms with Crippen molar-refractivity contribution in [3.05, 3.63) is 29.3 Å². The first-order valence-electron chi connectivity index (χ1n) is 7.82.